The van der Waals surface area contributed by atoms with Crippen molar-refractivity contribution < 1.29 is 13.6 Å². The highest BCUT2D eigenvalue weighted by Crippen LogP contribution is 2.51. The summed E-state index contributed by atoms with van der Waals surface area (Å²) in [5.41, 5.74) is 9.04. The Morgan fingerprint density at radius 3 is 2.48 bits per heavy atom. The predicted molar refractivity (Wildman–Crippen MR) is 121 cm³/mol. The fraction of sp³-hybridized carbons (Fsp3) is 0.269. The first kappa shape index (κ1) is 21.5. The quantitative estimate of drug-likeness (QED) is 0.467. The van der Waals surface area contributed by atoms with E-state index in [1.165, 1.54) is 12.1 Å². The molecule has 0 aliphatic heterocycles. The van der Waals surface area contributed by atoms with Crippen LogP contribution < -0.4 is 5.73 Å². The average molecular weight is 440 g/mol. The number of benzene rings is 3. The maximum Gasteiger partial charge on any atom is 0.249 e. The van der Waals surface area contributed by atoms with Crippen LogP contribution in [0.1, 0.15) is 64.7 Å². The lowest BCUT2D eigenvalue weighted by Gasteiger charge is -2.21. The van der Waals surface area contributed by atoms with Crippen LogP contribution in [0.3, 0.4) is 0 Å². The molecule has 1 amide bonds. The normalized spacial score (nSPS) is 17.6. The van der Waals surface area contributed by atoms with E-state index < -0.39 is 17.5 Å². The van der Waals surface area contributed by atoms with Crippen molar-refractivity contribution in [3.8, 4) is 11.1 Å². The molecule has 0 fully saturated rings. The summed E-state index contributed by atoms with van der Waals surface area (Å²) in [6.45, 7) is 3.99. The van der Waals surface area contributed by atoms with Crippen molar-refractivity contribution in [2.45, 2.75) is 44.9 Å². The van der Waals surface area contributed by atoms with Gasteiger partial charge in [-0.15, -0.1) is 0 Å². The van der Waals surface area contributed by atoms with E-state index in [0.29, 0.717) is 18.4 Å². The van der Waals surface area contributed by atoms with Gasteiger partial charge in [-0.1, -0.05) is 68.3 Å². The van der Waals surface area contributed by atoms with Crippen LogP contribution in [0.2, 0.25) is 5.02 Å². The summed E-state index contributed by atoms with van der Waals surface area (Å²) in [5, 5.41) is -0.172. The van der Waals surface area contributed by atoms with Crippen molar-refractivity contribution in [2.24, 2.45) is 5.73 Å². The molecule has 0 aromatic heterocycles. The van der Waals surface area contributed by atoms with E-state index in [-0.39, 0.29) is 33.5 Å². The van der Waals surface area contributed by atoms with Crippen LogP contribution in [0.25, 0.3) is 11.1 Å². The minimum atomic E-state index is -0.767. The minimum Gasteiger partial charge on any atom is -0.366 e. The van der Waals surface area contributed by atoms with Crippen LogP contribution >= 0.6 is 11.6 Å². The standard InChI is InChI=1S/C26H24ClF2NO/c1-3-7-16-10-11-18(26(30)31)22(25(16)29)23-21-14(2)19(15-8-5-4-6-9-15)12-17(21)13-20(28)24(23)27/h4-6,8-11,13-14,19H,3,7,12H2,1-2H3,(H2,30,31)/t14-,19?/m1/s1. The number of halogens is 3. The second-order valence-electron chi connectivity index (χ2n) is 8.21. The van der Waals surface area contributed by atoms with Gasteiger partial charge in [-0.2, -0.15) is 0 Å². The zero-order valence-electron chi connectivity index (χ0n) is 17.5. The van der Waals surface area contributed by atoms with E-state index in [9.17, 15) is 9.18 Å². The van der Waals surface area contributed by atoms with Crippen molar-refractivity contribution in [1.29, 1.82) is 0 Å². The first-order valence-corrected chi connectivity index (χ1v) is 10.9. The summed E-state index contributed by atoms with van der Waals surface area (Å²) in [6.07, 6.45) is 1.84. The topological polar surface area (TPSA) is 43.1 Å². The summed E-state index contributed by atoms with van der Waals surface area (Å²) < 4.78 is 30.6. The smallest absolute Gasteiger partial charge is 0.249 e. The molecule has 5 heteroatoms. The maximum absolute atomic E-state index is 15.7. The van der Waals surface area contributed by atoms with Crippen molar-refractivity contribution in [1.82, 2.24) is 0 Å². The number of rotatable bonds is 5. The van der Waals surface area contributed by atoms with Crippen LogP contribution in [0.5, 0.6) is 0 Å². The number of carbonyl (C=O) groups excluding carboxylic acids is 1. The van der Waals surface area contributed by atoms with Crippen LogP contribution in [0.4, 0.5) is 8.78 Å². The van der Waals surface area contributed by atoms with Gasteiger partial charge in [0.1, 0.15) is 11.6 Å². The zero-order chi connectivity index (χ0) is 22.3. The summed E-state index contributed by atoms with van der Waals surface area (Å²) >= 11 is 6.45. The Bertz CT molecular complexity index is 1160. The number of nitrogens with two attached hydrogens (primary N) is 1. The Kier molecular flexibility index (Phi) is 5.85. The van der Waals surface area contributed by atoms with E-state index in [1.807, 2.05) is 44.2 Å². The van der Waals surface area contributed by atoms with Crippen molar-refractivity contribution in [3.63, 3.8) is 0 Å². The lowest BCUT2D eigenvalue weighted by molar-refractivity contribution is 0.100. The summed E-state index contributed by atoms with van der Waals surface area (Å²) in [6, 6.07) is 14.5. The highest BCUT2D eigenvalue weighted by molar-refractivity contribution is 6.34. The monoisotopic (exact) mass is 439 g/mol. The minimum absolute atomic E-state index is 0.0137. The molecule has 0 saturated heterocycles. The Morgan fingerprint density at radius 2 is 1.84 bits per heavy atom. The second-order valence-corrected chi connectivity index (χ2v) is 8.58. The molecule has 4 rings (SSSR count). The molecule has 1 unspecified atom stereocenters. The molecular weight excluding hydrogens is 416 g/mol. The Labute approximate surface area is 186 Å². The van der Waals surface area contributed by atoms with Gasteiger partial charge in [-0.05, 0) is 59.1 Å². The first-order valence-electron chi connectivity index (χ1n) is 10.5. The summed E-state index contributed by atoms with van der Waals surface area (Å²) in [4.78, 5) is 12.2. The molecule has 3 aromatic carbocycles. The van der Waals surface area contributed by atoms with Gasteiger partial charge in [0.25, 0.3) is 0 Å². The predicted octanol–water partition coefficient (Wildman–Crippen LogP) is 6.78. The summed E-state index contributed by atoms with van der Waals surface area (Å²) in [7, 11) is 0. The van der Waals surface area contributed by atoms with Crippen LogP contribution in [-0.4, -0.2) is 5.91 Å². The van der Waals surface area contributed by atoms with E-state index in [1.54, 1.807) is 6.07 Å². The molecule has 0 spiro atoms. The van der Waals surface area contributed by atoms with Gasteiger partial charge in [0.2, 0.25) is 5.91 Å². The molecule has 31 heavy (non-hydrogen) atoms. The molecule has 2 atom stereocenters. The van der Waals surface area contributed by atoms with Crippen LogP contribution in [0, 0.1) is 11.6 Å². The molecule has 160 valence electrons. The number of hydrogen-bond donors (Lipinski definition) is 1. The number of aryl methyl sites for hydroxylation is 1. The van der Waals surface area contributed by atoms with Gasteiger partial charge in [0.15, 0.2) is 0 Å². The molecular formula is C26H24ClF2NO. The third-order valence-corrected chi connectivity index (χ3v) is 6.70. The molecule has 0 radical (unpaired) electrons. The highest BCUT2D eigenvalue weighted by atomic mass is 35.5. The molecule has 2 nitrogen and oxygen atoms in total. The number of fused-ring (bicyclic) bond motifs is 1. The lowest BCUT2D eigenvalue weighted by atomic mass is 9.84. The Hall–Kier alpha value is -2.72. The summed E-state index contributed by atoms with van der Waals surface area (Å²) in [5.74, 6) is -1.88. The highest BCUT2D eigenvalue weighted by Gasteiger charge is 2.36. The van der Waals surface area contributed by atoms with Gasteiger partial charge >= 0.3 is 0 Å². The molecule has 0 saturated carbocycles. The van der Waals surface area contributed by atoms with Gasteiger partial charge < -0.3 is 5.73 Å². The number of hydrogen-bond acceptors (Lipinski definition) is 1. The third kappa shape index (κ3) is 3.63. The van der Waals surface area contributed by atoms with Gasteiger partial charge in [0.05, 0.1) is 5.02 Å². The molecule has 1 aliphatic rings. The lowest BCUT2D eigenvalue weighted by Crippen LogP contribution is -2.15. The van der Waals surface area contributed by atoms with E-state index in [4.69, 9.17) is 17.3 Å². The van der Waals surface area contributed by atoms with E-state index >= 15 is 4.39 Å². The SMILES string of the molecule is CCCc1ccc(C(N)=O)c(-c2c(Cl)c(F)cc3c2[C@H](C)C(c2ccccc2)C3)c1F. The number of amides is 1. The number of carbonyl (C=O) groups is 1. The van der Waals surface area contributed by atoms with Gasteiger partial charge in [0, 0.05) is 16.7 Å². The Morgan fingerprint density at radius 1 is 1.13 bits per heavy atom. The number of primary amides is 1. The molecule has 3 aromatic rings. The van der Waals surface area contributed by atoms with Gasteiger partial charge in [-0.25, -0.2) is 8.78 Å². The van der Waals surface area contributed by atoms with Crippen LogP contribution in [0.15, 0.2) is 48.5 Å². The van der Waals surface area contributed by atoms with Crippen molar-refractivity contribution in [2.75, 3.05) is 0 Å². The van der Waals surface area contributed by atoms with Gasteiger partial charge in [-0.3, -0.25) is 4.79 Å². The van der Waals surface area contributed by atoms with E-state index in [0.717, 1.165) is 23.1 Å². The molecule has 0 heterocycles. The maximum atomic E-state index is 15.7. The zero-order valence-corrected chi connectivity index (χ0v) is 18.3. The van der Waals surface area contributed by atoms with E-state index in [2.05, 4.69) is 0 Å². The largest absolute Gasteiger partial charge is 0.366 e. The Balaban J connectivity index is 1.99. The molecule has 1 aliphatic carbocycles. The second kappa shape index (κ2) is 8.43. The van der Waals surface area contributed by atoms with Crippen molar-refractivity contribution in [3.05, 3.63) is 93.0 Å². The van der Waals surface area contributed by atoms with Crippen molar-refractivity contribution >= 4 is 17.5 Å². The molecule has 2 N–H and O–H groups in total. The first-order chi connectivity index (χ1) is 14.8. The fourth-order valence-corrected chi connectivity index (χ4v) is 5.13. The molecule has 0 bridgehead atoms. The average Bonchev–Trinajstić information content (AvgIpc) is 3.07. The third-order valence-electron chi connectivity index (χ3n) is 6.33. The fourth-order valence-electron chi connectivity index (χ4n) is 4.88. The van der Waals surface area contributed by atoms with Crippen LogP contribution in [-0.2, 0) is 12.8 Å².